The van der Waals surface area contributed by atoms with E-state index in [-0.39, 0.29) is 0 Å². The summed E-state index contributed by atoms with van der Waals surface area (Å²) < 4.78 is 5.08. The van der Waals surface area contributed by atoms with Gasteiger partial charge in [0.25, 0.3) is 0 Å². The highest BCUT2D eigenvalue weighted by atomic mass is 16.5. The third-order valence-corrected chi connectivity index (χ3v) is 3.95. The highest BCUT2D eigenvalue weighted by molar-refractivity contribution is 5.93. The van der Waals surface area contributed by atoms with Gasteiger partial charge in [0.2, 0.25) is 0 Å². The minimum atomic E-state index is 0.373. The first-order chi connectivity index (χ1) is 11.8. The van der Waals surface area contributed by atoms with Crippen molar-refractivity contribution in [3.8, 4) is 6.01 Å². The van der Waals surface area contributed by atoms with Gasteiger partial charge >= 0.3 is 6.01 Å². The molecule has 0 saturated carbocycles. The van der Waals surface area contributed by atoms with Gasteiger partial charge in [-0.15, -0.1) is 0 Å². The first-order valence-corrected chi connectivity index (χ1v) is 8.32. The molecule has 0 radical (unpaired) electrons. The summed E-state index contributed by atoms with van der Waals surface area (Å²) in [6, 6.07) is 12.4. The van der Waals surface area contributed by atoms with E-state index in [2.05, 4.69) is 20.2 Å². The van der Waals surface area contributed by atoms with Crippen LogP contribution in [0.3, 0.4) is 0 Å². The lowest BCUT2D eigenvalue weighted by molar-refractivity contribution is 0.340. The number of methoxy groups -OCH3 is 1. The molecular formula is C18H23N5O. The van der Waals surface area contributed by atoms with Gasteiger partial charge in [-0.3, -0.25) is 0 Å². The smallest absolute Gasteiger partial charge is 0.316 e. The van der Waals surface area contributed by atoms with Crippen LogP contribution in [0.4, 0.5) is 5.69 Å². The summed E-state index contributed by atoms with van der Waals surface area (Å²) in [5.41, 5.74) is 1.88. The lowest BCUT2D eigenvalue weighted by Crippen LogP contribution is -2.40. The van der Waals surface area contributed by atoms with Crippen molar-refractivity contribution in [1.29, 1.82) is 0 Å². The zero-order chi connectivity index (χ0) is 16.6. The maximum absolute atomic E-state index is 5.08. The van der Waals surface area contributed by atoms with E-state index in [4.69, 9.17) is 9.73 Å². The third-order valence-electron chi connectivity index (χ3n) is 3.95. The number of nitrogens with one attached hydrogen (secondary N) is 1. The fourth-order valence-corrected chi connectivity index (χ4v) is 2.69. The largest absolute Gasteiger partial charge is 0.467 e. The summed E-state index contributed by atoms with van der Waals surface area (Å²) >= 11 is 0. The zero-order valence-electron chi connectivity index (χ0n) is 14.0. The van der Waals surface area contributed by atoms with Gasteiger partial charge in [0, 0.05) is 25.0 Å². The van der Waals surface area contributed by atoms with Gasteiger partial charge in [0.1, 0.15) is 0 Å². The van der Waals surface area contributed by atoms with E-state index in [1.54, 1.807) is 13.3 Å². The normalized spacial score (nSPS) is 15.2. The number of hydrogen-bond acceptors (Lipinski definition) is 4. The predicted octanol–water partition coefficient (Wildman–Crippen LogP) is 2.94. The van der Waals surface area contributed by atoms with Crippen molar-refractivity contribution in [1.82, 2.24) is 14.9 Å². The van der Waals surface area contributed by atoms with Crippen molar-refractivity contribution in [2.24, 2.45) is 4.99 Å². The molecule has 1 N–H and O–H groups in total. The first-order valence-electron chi connectivity index (χ1n) is 8.32. The molecule has 6 nitrogen and oxygen atoms in total. The van der Waals surface area contributed by atoms with E-state index in [1.807, 2.05) is 36.4 Å². The number of rotatable bonds is 4. The molecule has 0 atom stereocenters. The predicted molar refractivity (Wildman–Crippen MR) is 95.2 cm³/mol. The highest BCUT2D eigenvalue weighted by Crippen LogP contribution is 2.13. The lowest BCUT2D eigenvalue weighted by Gasteiger charge is -2.30. The van der Waals surface area contributed by atoms with Crippen molar-refractivity contribution < 1.29 is 4.74 Å². The Hall–Kier alpha value is -2.63. The van der Waals surface area contributed by atoms with E-state index >= 15 is 0 Å². The van der Waals surface area contributed by atoms with Crippen LogP contribution in [0.2, 0.25) is 0 Å². The van der Waals surface area contributed by atoms with Gasteiger partial charge in [-0.1, -0.05) is 18.2 Å². The molecule has 1 saturated heterocycles. The molecular weight excluding hydrogens is 302 g/mol. The Balaban J connectivity index is 1.77. The van der Waals surface area contributed by atoms with E-state index in [9.17, 15) is 0 Å². The Labute approximate surface area is 142 Å². The van der Waals surface area contributed by atoms with Gasteiger partial charge < -0.3 is 15.0 Å². The molecule has 0 unspecified atom stereocenters. The standard InChI is InChI=1S/C18H23N5O/c1-24-18-19-11-10-16(22-18)14-20-17(23-12-6-3-7-13-23)21-15-8-4-2-5-9-15/h2,4-5,8-11H,3,6-7,12-14H2,1H3,(H,20,21). The fourth-order valence-electron chi connectivity index (χ4n) is 2.69. The number of anilines is 1. The minimum Gasteiger partial charge on any atom is -0.467 e. The van der Waals surface area contributed by atoms with E-state index in [0.717, 1.165) is 30.4 Å². The highest BCUT2D eigenvalue weighted by Gasteiger charge is 2.15. The average molecular weight is 325 g/mol. The number of hydrogen-bond donors (Lipinski definition) is 1. The Morgan fingerprint density at radius 2 is 1.96 bits per heavy atom. The van der Waals surface area contributed by atoms with Gasteiger partial charge in [-0.05, 0) is 37.5 Å². The minimum absolute atomic E-state index is 0.373. The van der Waals surface area contributed by atoms with Crippen LogP contribution in [0.15, 0.2) is 47.6 Å². The Morgan fingerprint density at radius 1 is 1.17 bits per heavy atom. The topological polar surface area (TPSA) is 62.6 Å². The molecule has 1 fully saturated rings. The van der Waals surface area contributed by atoms with Crippen molar-refractivity contribution in [3.63, 3.8) is 0 Å². The van der Waals surface area contributed by atoms with Crippen LogP contribution in [-0.4, -0.2) is 41.0 Å². The van der Waals surface area contributed by atoms with Crippen LogP contribution in [0, 0.1) is 0 Å². The van der Waals surface area contributed by atoms with Crippen molar-refractivity contribution in [3.05, 3.63) is 48.3 Å². The van der Waals surface area contributed by atoms with Crippen LogP contribution in [-0.2, 0) is 6.54 Å². The van der Waals surface area contributed by atoms with Crippen molar-refractivity contribution >= 4 is 11.6 Å². The van der Waals surface area contributed by atoms with Gasteiger partial charge in [0.15, 0.2) is 5.96 Å². The van der Waals surface area contributed by atoms with Crippen LogP contribution < -0.4 is 10.1 Å². The molecule has 0 spiro atoms. The maximum Gasteiger partial charge on any atom is 0.316 e. The molecule has 3 rings (SSSR count). The molecule has 1 aromatic carbocycles. The third kappa shape index (κ3) is 4.44. The number of aliphatic imine (C=N–C) groups is 1. The van der Waals surface area contributed by atoms with E-state index in [1.165, 1.54) is 19.3 Å². The molecule has 126 valence electrons. The fraction of sp³-hybridized carbons (Fsp3) is 0.389. The lowest BCUT2D eigenvalue weighted by atomic mass is 10.1. The van der Waals surface area contributed by atoms with Crippen LogP contribution in [0.1, 0.15) is 25.0 Å². The number of para-hydroxylation sites is 1. The number of likely N-dealkylation sites (tertiary alicyclic amines) is 1. The molecule has 1 aliphatic heterocycles. The molecule has 1 aromatic heterocycles. The second kappa shape index (κ2) is 8.29. The van der Waals surface area contributed by atoms with Gasteiger partial charge in [0.05, 0.1) is 19.3 Å². The summed E-state index contributed by atoms with van der Waals surface area (Å²) in [5, 5.41) is 3.45. The summed E-state index contributed by atoms with van der Waals surface area (Å²) in [6.07, 6.45) is 5.40. The summed E-state index contributed by atoms with van der Waals surface area (Å²) in [5.74, 6) is 0.901. The second-order valence-corrected chi connectivity index (χ2v) is 5.71. The van der Waals surface area contributed by atoms with E-state index < -0.39 is 0 Å². The monoisotopic (exact) mass is 325 g/mol. The van der Waals surface area contributed by atoms with Crippen molar-refractivity contribution in [2.75, 3.05) is 25.5 Å². The number of guanidine groups is 1. The SMILES string of the molecule is COc1nccc(CN=C(Nc2ccccc2)N2CCCCC2)n1. The Bertz CT molecular complexity index is 668. The van der Waals surface area contributed by atoms with Gasteiger partial charge in [-0.2, -0.15) is 4.98 Å². The Morgan fingerprint density at radius 3 is 2.71 bits per heavy atom. The number of aromatic nitrogens is 2. The molecule has 2 aromatic rings. The summed E-state index contributed by atoms with van der Waals surface area (Å²) in [7, 11) is 1.57. The summed E-state index contributed by atoms with van der Waals surface area (Å²) in [6.45, 7) is 2.56. The molecule has 0 amide bonds. The van der Waals surface area contributed by atoms with Crippen LogP contribution >= 0.6 is 0 Å². The molecule has 24 heavy (non-hydrogen) atoms. The molecule has 0 aliphatic carbocycles. The quantitative estimate of drug-likeness (QED) is 0.692. The number of piperidine rings is 1. The van der Waals surface area contributed by atoms with Crippen LogP contribution in [0.25, 0.3) is 0 Å². The van der Waals surface area contributed by atoms with E-state index in [0.29, 0.717) is 12.6 Å². The zero-order valence-corrected chi connectivity index (χ0v) is 14.0. The number of nitrogens with zero attached hydrogens (tertiary/aromatic N) is 4. The maximum atomic E-state index is 5.08. The molecule has 2 heterocycles. The number of benzene rings is 1. The Kier molecular flexibility index (Phi) is 5.61. The number of ether oxygens (including phenoxy) is 1. The van der Waals surface area contributed by atoms with Gasteiger partial charge in [-0.25, -0.2) is 9.98 Å². The van der Waals surface area contributed by atoms with Crippen LogP contribution in [0.5, 0.6) is 6.01 Å². The second-order valence-electron chi connectivity index (χ2n) is 5.71. The average Bonchev–Trinajstić information content (AvgIpc) is 2.67. The molecule has 0 bridgehead atoms. The molecule has 6 heteroatoms. The first kappa shape index (κ1) is 16.2. The molecule has 1 aliphatic rings. The summed E-state index contributed by atoms with van der Waals surface area (Å²) in [4.78, 5) is 15.5. The van der Waals surface area contributed by atoms with Crippen molar-refractivity contribution in [2.45, 2.75) is 25.8 Å².